The third-order valence-corrected chi connectivity index (χ3v) is 24.8. The number of likely N-dealkylation sites (N-methyl/N-ethyl adjacent to an activating group) is 2. The Labute approximate surface area is 832 Å². The zero-order valence-electron chi connectivity index (χ0n) is 80.9. The van der Waals surface area contributed by atoms with Crippen molar-refractivity contribution in [2.45, 2.75) is 170 Å². The number of phenols is 2. The number of guanidine groups is 2. The highest BCUT2D eigenvalue weighted by Gasteiger charge is 2.40. The predicted molar refractivity (Wildman–Crippen MR) is 529 cm³/mol. The number of aliphatic carboxylic acids is 3. The first kappa shape index (κ1) is 112. The Kier molecular flexibility index (Phi) is 44.9. The van der Waals surface area contributed by atoms with Gasteiger partial charge in [-0.3, -0.25) is 102 Å². The summed E-state index contributed by atoms with van der Waals surface area (Å²) in [4.78, 5) is 248. The van der Waals surface area contributed by atoms with Crippen LogP contribution >= 0.6 is 0 Å². The van der Waals surface area contributed by atoms with E-state index < -0.39 is 194 Å². The molecule has 3 heterocycles. The van der Waals surface area contributed by atoms with Crippen molar-refractivity contribution in [2.24, 2.45) is 11.5 Å². The number of benzene rings is 6. The Morgan fingerprint density at radius 2 is 0.722 bits per heavy atom. The van der Waals surface area contributed by atoms with Crippen molar-refractivity contribution in [3.63, 3.8) is 0 Å². The van der Waals surface area contributed by atoms with Crippen molar-refractivity contribution in [3.05, 3.63) is 156 Å². The number of nitrogens with one attached hydrogen (secondary N) is 16. The second-order valence-electron chi connectivity index (χ2n) is 36.0. The quantitative estimate of drug-likeness (QED) is 0.0110. The van der Waals surface area contributed by atoms with Crippen LogP contribution in [0.4, 0.5) is 4.79 Å². The number of aromatic hydroxyl groups is 2. The van der Waals surface area contributed by atoms with Crippen LogP contribution in [0.15, 0.2) is 133 Å². The van der Waals surface area contributed by atoms with Gasteiger partial charge in [0.05, 0.1) is 32.7 Å². The maximum atomic E-state index is 15.2. The minimum Gasteiger partial charge on any atom is -0.508 e. The van der Waals surface area contributed by atoms with Gasteiger partial charge in [-0.2, -0.15) is 0 Å². The molecule has 46 heteroatoms. The lowest BCUT2D eigenvalue weighted by atomic mass is 10.00. The first-order valence-electron chi connectivity index (χ1n) is 48.1. The van der Waals surface area contributed by atoms with E-state index in [-0.39, 0.29) is 205 Å². The maximum Gasteiger partial charge on any atom is 0.317 e. The van der Waals surface area contributed by atoms with Crippen LogP contribution in [-0.4, -0.2) is 354 Å². The molecule has 778 valence electrons. The summed E-state index contributed by atoms with van der Waals surface area (Å²) in [5.74, 6) is -14.7. The van der Waals surface area contributed by atoms with Gasteiger partial charge >= 0.3 is 23.9 Å². The summed E-state index contributed by atoms with van der Waals surface area (Å²) in [6, 6.07) is 24.3. The van der Waals surface area contributed by atoms with Crippen LogP contribution in [0.2, 0.25) is 0 Å². The van der Waals surface area contributed by atoms with Gasteiger partial charge in [0.1, 0.15) is 59.8 Å². The molecule has 0 saturated carbocycles. The summed E-state index contributed by atoms with van der Waals surface area (Å²) in [5.41, 5.74) is 13.4. The summed E-state index contributed by atoms with van der Waals surface area (Å²) in [6.07, 6.45) is -1.62. The fourth-order valence-electron chi connectivity index (χ4n) is 17.1. The van der Waals surface area contributed by atoms with E-state index in [2.05, 4.69) is 74.4 Å². The molecule has 6 aromatic carbocycles. The van der Waals surface area contributed by atoms with Gasteiger partial charge in [-0.05, 0) is 132 Å². The number of carbonyl (C=O) groups is 17. The number of nitrogens with two attached hydrogens (primary N) is 2. The topological polar surface area (TPSA) is 679 Å². The average molecular weight is 2000 g/mol. The van der Waals surface area contributed by atoms with Crippen LogP contribution in [0.5, 0.6) is 11.5 Å². The predicted octanol–water partition coefficient (Wildman–Crippen LogP) is -2.17. The van der Waals surface area contributed by atoms with Gasteiger partial charge in [-0.25, -0.2) is 4.79 Å². The number of nitrogens with zero attached hydrogens (tertiary/aromatic N) is 6. The highest BCUT2D eigenvalue weighted by Crippen LogP contribution is 2.24. The van der Waals surface area contributed by atoms with Gasteiger partial charge in [0.2, 0.25) is 76.8 Å². The van der Waals surface area contributed by atoms with Crippen molar-refractivity contribution >= 4 is 134 Å². The highest BCUT2D eigenvalue weighted by atomic mass is 16.4. The zero-order chi connectivity index (χ0) is 104. The molecule has 0 spiro atoms. The summed E-state index contributed by atoms with van der Waals surface area (Å²) in [7, 11) is 2.61. The number of carboxylic acid groups (broad SMARTS) is 3. The number of fused-ring (bicyclic) bond motifs is 2. The molecule has 0 radical (unpaired) electrons. The number of hydrogen-bond acceptors (Lipinski definition) is 24. The molecule has 8 atom stereocenters. The lowest BCUT2D eigenvalue weighted by Crippen LogP contribution is -2.58. The van der Waals surface area contributed by atoms with Gasteiger partial charge in [0.25, 0.3) is 0 Å². The molecule has 3 saturated heterocycles. The Balaban J connectivity index is 0.941. The first-order valence-corrected chi connectivity index (χ1v) is 48.1. The van der Waals surface area contributed by atoms with E-state index in [4.69, 9.17) is 22.3 Å². The van der Waals surface area contributed by atoms with Crippen LogP contribution in [0, 0.1) is 10.8 Å². The molecule has 0 aliphatic carbocycles. The van der Waals surface area contributed by atoms with E-state index in [0.717, 1.165) is 31.3 Å². The smallest absolute Gasteiger partial charge is 0.317 e. The van der Waals surface area contributed by atoms with Gasteiger partial charge < -0.3 is 126 Å². The van der Waals surface area contributed by atoms with E-state index in [1.165, 1.54) is 67.5 Å². The Morgan fingerprint density at radius 3 is 1.11 bits per heavy atom. The molecule has 0 unspecified atom stereocenters. The van der Waals surface area contributed by atoms with Crippen molar-refractivity contribution in [3.8, 4) is 11.5 Å². The second kappa shape index (κ2) is 57.5. The molecule has 3 fully saturated rings. The Bertz CT molecular complexity index is 5180. The molecule has 6 aromatic rings. The van der Waals surface area contributed by atoms with Crippen LogP contribution in [0.1, 0.15) is 112 Å². The number of phenolic OH excluding ortho intramolecular Hbond substituents is 2. The monoisotopic (exact) mass is 2000 g/mol. The largest absolute Gasteiger partial charge is 0.508 e. The normalized spacial score (nSPS) is 19.8. The molecular formula is C98H134N24O22. The summed E-state index contributed by atoms with van der Waals surface area (Å²) in [6.45, 7) is -2.11. The molecule has 3 aliphatic heterocycles. The fourth-order valence-corrected chi connectivity index (χ4v) is 17.1. The minimum absolute atomic E-state index is 0.0110. The van der Waals surface area contributed by atoms with Gasteiger partial charge in [0, 0.05) is 150 Å². The molecular weight excluding hydrogens is 1870 g/mol. The third-order valence-electron chi connectivity index (χ3n) is 24.8. The van der Waals surface area contributed by atoms with Crippen LogP contribution in [-0.2, 0) is 102 Å². The van der Waals surface area contributed by atoms with E-state index in [1.54, 1.807) is 26.8 Å². The number of rotatable bonds is 41. The molecule has 0 bridgehead atoms. The van der Waals surface area contributed by atoms with E-state index >= 15 is 19.2 Å². The van der Waals surface area contributed by atoms with E-state index in [1.807, 2.05) is 72.8 Å². The molecule has 0 aromatic heterocycles. The third kappa shape index (κ3) is 38.6. The van der Waals surface area contributed by atoms with Crippen molar-refractivity contribution < 1.29 is 107 Å². The van der Waals surface area contributed by atoms with Gasteiger partial charge in [0.15, 0.2) is 11.9 Å². The maximum absolute atomic E-state index is 15.2. The van der Waals surface area contributed by atoms with Crippen LogP contribution in [0.25, 0.3) is 21.5 Å². The van der Waals surface area contributed by atoms with Crippen molar-refractivity contribution in [1.29, 1.82) is 10.8 Å². The Morgan fingerprint density at radius 1 is 0.375 bits per heavy atom. The van der Waals surface area contributed by atoms with Crippen LogP contribution in [0.3, 0.4) is 0 Å². The molecule has 144 heavy (non-hydrogen) atoms. The fraction of sp³-hybridized carbons (Fsp3) is 0.480. The van der Waals surface area contributed by atoms with Crippen LogP contribution < -0.4 is 85.9 Å². The number of urea groups is 1. The summed E-state index contributed by atoms with van der Waals surface area (Å²) >= 11 is 0. The number of carbonyl (C=O) groups excluding carboxylic acids is 14. The van der Waals surface area contributed by atoms with Crippen molar-refractivity contribution in [1.82, 2.24) is 104 Å². The standard InChI is InChI=1S/C98H134N24O22/c1-117-78(92(140)113-72(18-10-38-105-96(99)100)90(138)115-74(52-63-23-29-65-14-5-7-16-67(65)48-63)88(136)108-56-83(128)111-76(94(117)142)50-61-25-31-70(123)32-26-61)20-12-36-103-81(126)54-69(110-80(125)22-4-3-9-35-107-98(144)122-46-44-120(59-86(132)133)42-40-119(58-85(130)131)41-43-121(45-47-122)60-87(134)135)55-82(127)104-37-13-21-79-93(141)114-73(19-11-39-106-97(101)102)91(139)116-75(53-64-24-30-66-15-6-8-17-68(66)49-64)89(137)109-57-84(129)112-77(95(143)118(79)2)51-62-27-33-71(124)34-28-62/h5-8,14-17,23-34,48-49,69,72-79,123-124H,3-4,9-13,18-22,35-47,50-60H2,1-2H3,(H,103,126)(H,104,127)(H,107,144)(H,108,136)(H,109,137)(H,110,125)(H,111,128)(H,112,129)(H,113,140)(H,114,141)(H,115,138)(H,116,139)(H,130,131)(H,132,133)(H,134,135)(H4,99,100,105)(H4,101,102,106)/t72-,73-,74-,75-,76+,77+,78+,79+/m0/s1. The number of unbranched alkanes of at least 4 members (excludes halogenated alkanes) is 2. The summed E-state index contributed by atoms with van der Waals surface area (Å²) in [5, 5.41) is 107. The van der Waals surface area contributed by atoms with Gasteiger partial charge in [-0.1, -0.05) is 116 Å². The second-order valence-corrected chi connectivity index (χ2v) is 36.0. The zero-order valence-corrected chi connectivity index (χ0v) is 80.9. The Hall–Kier alpha value is -15.4. The number of amides is 15. The summed E-state index contributed by atoms with van der Waals surface area (Å²) < 4.78 is 0. The molecule has 25 N–H and O–H groups in total. The molecule has 46 nitrogen and oxygen atoms in total. The highest BCUT2D eigenvalue weighted by molar-refractivity contribution is 6.00. The minimum atomic E-state index is -1.48. The lowest BCUT2D eigenvalue weighted by Gasteiger charge is -2.33. The number of carboxylic acids is 3. The van der Waals surface area contributed by atoms with E-state index in [0.29, 0.717) is 35.1 Å². The van der Waals surface area contributed by atoms with Gasteiger partial charge in [-0.15, -0.1) is 0 Å². The first-order chi connectivity index (χ1) is 68.9. The molecule has 9 rings (SSSR count). The van der Waals surface area contributed by atoms with Crippen molar-refractivity contribution in [2.75, 3.05) is 132 Å². The SMILES string of the molecule is CN1C(=O)[C@@H](Cc2ccc(O)cc2)NC(=O)CNC(=O)[C@H](Cc2ccc3ccccc3c2)NC(=O)[C@H](CCCNC(=N)N)NC(=O)[C@H]1CCCNC(=O)CC(CC(=O)NCCC[C@@H]1C(=O)N[C@@H](CCCNC(=N)N)C(=O)N[C@@H](Cc2ccc3ccccc3c2)C(=O)NCC(=O)N[C@H](Cc2ccc(O)cc2)C(=O)N1C)NC(=O)CCCCCNC(=O)N1CCN(CC(=O)O)CCN(CC(=O)O)CCN(CC(=O)O)CC1. The molecule has 15 amide bonds. The molecule has 3 aliphatic rings. The number of hydrogen-bond donors (Lipinski definition) is 23. The average Bonchev–Trinajstić information content (AvgIpc) is 1.34. The lowest BCUT2D eigenvalue weighted by molar-refractivity contribution is -0.142. The van der Waals surface area contributed by atoms with E-state index in [9.17, 15) is 87.9 Å².